The Morgan fingerprint density at radius 3 is 2.08 bits per heavy atom. The largest absolute Gasteiger partial charge is 0.465 e. The summed E-state index contributed by atoms with van der Waals surface area (Å²) in [5.74, 6) is 0. The number of carbonyl (C=O) groups is 1. The fourth-order valence-corrected chi connectivity index (χ4v) is 1.14. The predicted molar refractivity (Wildman–Crippen MR) is 50.8 cm³/mol. The number of aliphatic hydroxyl groups excluding tert-OH is 1. The molecule has 0 saturated heterocycles. The van der Waals surface area contributed by atoms with Crippen molar-refractivity contribution in [2.45, 2.75) is 38.5 Å². The minimum atomic E-state index is -0.944. The molecule has 0 rings (SSSR count). The van der Waals surface area contributed by atoms with E-state index in [-0.39, 0.29) is 6.61 Å². The summed E-state index contributed by atoms with van der Waals surface area (Å²) in [5.41, 5.74) is 0. The lowest BCUT2D eigenvalue weighted by molar-refractivity contribution is 0.194. The van der Waals surface area contributed by atoms with Crippen LogP contribution in [-0.4, -0.2) is 29.5 Å². The normalized spacial score (nSPS) is 9.92. The Hall–Kier alpha value is -0.770. The van der Waals surface area contributed by atoms with Crippen LogP contribution in [0, 0.1) is 0 Å². The van der Waals surface area contributed by atoms with Gasteiger partial charge in [-0.1, -0.05) is 25.7 Å². The molecule has 3 N–H and O–H groups in total. The molecule has 0 aromatic rings. The van der Waals surface area contributed by atoms with E-state index in [1.807, 2.05) is 0 Å². The molecule has 0 unspecified atom stereocenters. The highest BCUT2D eigenvalue weighted by Crippen LogP contribution is 2.04. The number of hydrogen-bond donors (Lipinski definition) is 3. The number of unbranched alkanes of at least 4 members (excludes halogenated alkanes) is 5. The Bertz CT molecular complexity index is 128. The topological polar surface area (TPSA) is 69.6 Å². The molecular formula is C9H19NO3. The molecule has 0 aromatic heterocycles. The fraction of sp³-hybridized carbons (Fsp3) is 0.889. The summed E-state index contributed by atoms with van der Waals surface area (Å²) >= 11 is 0. The van der Waals surface area contributed by atoms with E-state index in [0.29, 0.717) is 6.54 Å². The predicted octanol–water partition coefficient (Wildman–Crippen LogP) is 1.59. The molecule has 0 atom stereocenters. The summed E-state index contributed by atoms with van der Waals surface area (Å²) < 4.78 is 0. The highest BCUT2D eigenvalue weighted by molar-refractivity contribution is 5.64. The van der Waals surface area contributed by atoms with Crippen molar-refractivity contribution in [2.75, 3.05) is 13.2 Å². The van der Waals surface area contributed by atoms with Gasteiger partial charge in [-0.3, -0.25) is 0 Å². The summed E-state index contributed by atoms with van der Waals surface area (Å²) in [6.45, 7) is 0.829. The Balaban J connectivity index is 2.87. The quantitative estimate of drug-likeness (QED) is 0.508. The zero-order valence-corrected chi connectivity index (χ0v) is 7.96. The van der Waals surface area contributed by atoms with E-state index in [0.717, 1.165) is 38.5 Å². The molecule has 1 amide bonds. The van der Waals surface area contributed by atoms with Crippen LogP contribution in [0.2, 0.25) is 0 Å². The van der Waals surface area contributed by atoms with Crippen molar-refractivity contribution in [3.63, 3.8) is 0 Å². The highest BCUT2D eigenvalue weighted by atomic mass is 16.4. The summed E-state index contributed by atoms with van der Waals surface area (Å²) in [5, 5.41) is 19.1. The molecule has 0 bridgehead atoms. The molecule has 13 heavy (non-hydrogen) atoms. The first-order valence-electron chi connectivity index (χ1n) is 4.85. The molecule has 0 heterocycles. The first-order chi connectivity index (χ1) is 6.27. The Kier molecular flexibility index (Phi) is 8.77. The molecule has 78 valence electrons. The van der Waals surface area contributed by atoms with Crippen LogP contribution >= 0.6 is 0 Å². The van der Waals surface area contributed by atoms with Crippen molar-refractivity contribution >= 4 is 6.09 Å². The van der Waals surface area contributed by atoms with Gasteiger partial charge >= 0.3 is 6.09 Å². The van der Waals surface area contributed by atoms with Crippen LogP contribution in [0.3, 0.4) is 0 Å². The molecular weight excluding hydrogens is 170 g/mol. The molecule has 0 fully saturated rings. The van der Waals surface area contributed by atoms with Crippen LogP contribution < -0.4 is 5.32 Å². The van der Waals surface area contributed by atoms with Crippen LogP contribution in [0.15, 0.2) is 0 Å². The summed E-state index contributed by atoms with van der Waals surface area (Å²) in [6, 6.07) is 0. The van der Waals surface area contributed by atoms with E-state index in [1.165, 1.54) is 0 Å². The minimum Gasteiger partial charge on any atom is -0.465 e. The monoisotopic (exact) mass is 189 g/mol. The van der Waals surface area contributed by atoms with Crippen LogP contribution in [-0.2, 0) is 0 Å². The third-order valence-electron chi connectivity index (χ3n) is 1.86. The molecule has 0 aliphatic rings. The van der Waals surface area contributed by atoms with E-state index in [1.54, 1.807) is 0 Å². The van der Waals surface area contributed by atoms with Crippen LogP contribution in [0.1, 0.15) is 38.5 Å². The average Bonchev–Trinajstić information content (AvgIpc) is 2.09. The second-order valence-corrected chi connectivity index (χ2v) is 3.08. The van der Waals surface area contributed by atoms with Crippen LogP contribution in [0.5, 0.6) is 0 Å². The summed E-state index contributed by atoms with van der Waals surface area (Å²) in [4.78, 5) is 10.0. The molecule has 0 aliphatic heterocycles. The van der Waals surface area contributed by atoms with E-state index in [4.69, 9.17) is 10.2 Å². The third-order valence-corrected chi connectivity index (χ3v) is 1.86. The van der Waals surface area contributed by atoms with Gasteiger partial charge < -0.3 is 15.5 Å². The maximum absolute atomic E-state index is 10.0. The maximum atomic E-state index is 10.0. The average molecular weight is 189 g/mol. The van der Waals surface area contributed by atoms with E-state index < -0.39 is 6.09 Å². The minimum absolute atomic E-state index is 0.278. The fourth-order valence-electron chi connectivity index (χ4n) is 1.14. The smallest absolute Gasteiger partial charge is 0.404 e. The number of rotatable bonds is 8. The van der Waals surface area contributed by atoms with Gasteiger partial charge in [0.1, 0.15) is 0 Å². The van der Waals surface area contributed by atoms with Crippen LogP contribution in [0.25, 0.3) is 0 Å². The zero-order valence-electron chi connectivity index (χ0n) is 7.96. The van der Waals surface area contributed by atoms with E-state index in [2.05, 4.69) is 5.32 Å². The Morgan fingerprint density at radius 2 is 1.54 bits per heavy atom. The number of nitrogens with one attached hydrogen (secondary N) is 1. The van der Waals surface area contributed by atoms with Gasteiger partial charge in [-0.05, 0) is 12.8 Å². The molecule has 0 spiro atoms. The molecule has 4 nitrogen and oxygen atoms in total. The lowest BCUT2D eigenvalue weighted by atomic mass is 10.1. The first kappa shape index (κ1) is 12.2. The van der Waals surface area contributed by atoms with E-state index in [9.17, 15) is 4.79 Å². The second kappa shape index (κ2) is 9.32. The number of hydrogen-bond acceptors (Lipinski definition) is 2. The summed E-state index contributed by atoms with van der Waals surface area (Å²) in [6.07, 6.45) is 5.24. The van der Waals surface area contributed by atoms with Gasteiger partial charge in [0.05, 0.1) is 0 Å². The van der Waals surface area contributed by atoms with Gasteiger partial charge in [0.25, 0.3) is 0 Å². The number of carboxylic acid groups (broad SMARTS) is 1. The van der Waals surface area contributed by atoms with Gasteiger partial charge in [-0.2, -0.15) is 0 Å². The van der Waals surface area contributed by atoms with Gasteiger partial charge in [0.15, 0.2) is 0 Å². The third kappa shape index (κ3) is 11.2. The first-order valence-corrected chi connectivity index (χ1v) is 4.85. The van der Waals surface area contributed by atoms with Gasteiger partial charge in [0, 0.05) is 13.2 Å². The number of amides is 1. The van der Waals surface area contributed by atoms with Crippen molar-refractivity contribution in [1.29, 1.82) is 0 Å². The van der Waals surface area contributed by atoms with Crippen molar-refractivity contribution in [2.24, 2.45) is 0 Å². The lowest BCUT2D eigenvalue weighted by Gasteiger charge is -2.01. The molecule has 4 heteroatoms. The van der Waals surface area contributed by atoms with Gasteiger partial charge in [0.2, 0.25) is 0 Å². The Morgan fingerprint density at radius 1 is 1.00 bits per heavy atom. The SMILES string of the molecule is O=C(O)NCCCCCCCCO. The molecule has 0 aliphatic carbocycles. The Labute approximate surface area is 79.0 Å². The van der Waals surface area contributed by atoms with Crippen molar-refractivity contribution < 1.29 is 15.0 Å². The summed E-state index contributed by atoms with van der Waals surface area (Å²) in [7, 11) is 0. The van der Waals surface area contributed by atoms with Gasteiger partial charge in [-0.25, -0.2) is 4.79 Å². The van der Waals surface area contributed by atoms with Gasteiger partial charge in [-0.15, -0.1) is 0 Å². The maximum Gasteiger partial charge on any atom is 0.404 e. The second-order valence-electron chi connectivity index (χ2n) is 3.08. The number of aliphatic hydroxyl groups is 1. The zero-order chi connectivity index (χ0) is 9.94. The van der Waals surface area contributed by atoms with Crippen molar-refractivity contribution in [3.8, 4) is 0 Å². The molecule has 0 aromatic carbocycles. The standard InChI is InChI=1S/C9H19NO3/c11-8-6-4-2-1-3-5-7-10-9(12)13/h10-11H,1-8H2,(H,12,13). The van der Waals surface area contributed by atoms with Crippen molar-refractivity contribution in [1.82, 2.24) is 5.32 Å². The lowest BCUT2D eigenvalue weighted by Crippen LogP contribution is -2.21. The molecule has 0 radical (unpaired) electrons. The van der Waals surface area contributed by atoms with Crippen LogP contribution in [0.4, 0.5) is 4.79 Å². The van der Waals surface area contributed by atoms with E-state index >= 15 is 0 Å². The van der Waals surface area contributed by atoms with Crippen molar-refractivity contribution in [3.05, 3.63) is 0 Å². The highest BCUT2D eigenvalue weighted by Gasteiger charge is 1.93. The molecule has 0 saturated carbocycles.